The molecule has 0 aliphatic carbocycles. The lowest BCUT2D eigenvalue weighted by atomic mass is 9.89. The maximum atomic E-state index is 13.4. The predicted molar refractivity (Wildman–Crippen MR) is 118 cm³/mol. The summed E-state index contributed by atoms with van der Waals surface area (Å²) in [5.41, 5.74) is 1.72. The summed E-state index contributed by atoms with van der Waals surface area (Å²) in [5.74, 6) is 0.0257. The number of nitrogens with one attached hydrogen (secondary N) is 1. The standard InChI is InChI=1S/C24H35N3O4/c1-17(28)26-14-12-18-9-5-6-11-20(18)21(26)15-22(29)27-13-8-7-10-19(27)16-25-23(30)31-24(2,3)4/h5-6,9,11,19,21H,7-8,10,12-16H2,1-4H3,(H,25,30). The topological polar surface area (TPSA) is 79.0 Å². The third-order valence-electron chi connectivity index (χ3n) is 6.01. The minimum atomic E-state index is -0.559. The number of likely N-dealkylation sites (tertiary alicyclic amines) is 1. The molecule has 31 heavy (non-hydrogen) atoms. The first-order valence-corrected chi connectivity index (χ1v) is 11.3. The van der Waals surface area contributed by atoms with E-state index in [0.29, 0.717) is 19.6 Å². The molecule has 1 saturated heterocycles. The van der Waals surface area contributed by atoms with Crippen LogP contribution in [0.25, 0.3) is 0 Å². The number of carbonyl (C=O) groups excluding carboxylic acids is 3. The van der Waals surface area contributed by atoms with Gasteiger partial charge in [0, 0.05) is 32.6 Å². The van der Waals surface area contributed by atoms with Gasteiger partial charge in [0.15, 0.2) is 0 Å². The number of nitrogens with zero attached hydrogens (tertiary/aromatic N) is 2. The fourth-order valence-electron chi connectivity index (χ4n) is 4.59. The predicted octanol–water partition coefficient (Wildman–Crippen LogP) is 3.43. The molecule has 7 heteroatoms. The van der Waals surface area contributed by atoms with Crippen molar-refractivity contribution in [3.05, 3.63) is 35.4 Å². The van der Waals surface area contributed by atoms with Crippen molar-refractivity contribution in [3.63, 3.8) is 0 Å². The van der Waals surface area contributed by atoms with Crippen molar-refractivity contribution in [2.45, 2.75) is 77.5 Å². The molecular weight excluding hydrogens is 394 g/mol. The van der Waals surface area contributed by atoms with Gasteiger partial charge in [-0.25, -0.2) is 4.79 Å². The van der Waals surface area contributed by atoms with Crippen molar-refractivity contribution in [3.8, 4) is 0 Å². The highest BCUT2D eigenvalue weighted by Crippen LogP contribution is 2.33. The van der Waals surface area contributed by atoms with E-state index in [-0.39, 0.29) is 30.3 Å². The molecule has 1 aromatic rings. The molecule has 2 atom stereocenters. The molecule has 3 rings (SSSR count). The lowest BCUT2D eigenvalue weighted by molar-refractivity contribution is -0.139. The minimum absolute atomic E-state index is 0.00547. The second-order valence-electron chi connectivity index (χ2n) is 9.50. The quantitative estimate of drug-likeness (QED) is 0.795. The SMILES string of the molecule is CC(=O)N1CCc2ccccc2C1CC(=O)N1CCCCC1CNC(=O)OC(C)(C)C. The van der Waals surface area contributed by atoms with E-state index in [2.05, 4.69) is 11.4 Å². The number of fused-ring (bicyclic) bond motifs is 1. The van der Waals surface area contributed by atoms with E-state index < -0.39 is 11.7 Å². The molecular formula is C24H35N3O4. The minimum Gasteiger partial charge on any atom is -0.444 e. The van der Waals surface area contributed by atoms with Crippen molar-refractivity contribution in [2.75, 3.05) is 19.6 Å². The van der Waals surface area contributed by atoms with E-state index in [1.54, 1.807) is 6.92 Å². The Hall–Kier alpha value is -2.57. The first-order valence-electron chi connectivity index (χ1n) is 11.3. The lowest BCUT2D eigenvalue weighted by Crippen LogP contribution is -2.51. The Morgan fingerprint density at radius 3 is 2.55 bits per heavy atom. The van der Waals surface area contributed by atoms with Crippen LogP contribution in [0.1, 0.15) is 70.5 Å². The van der Waals surface area contributed by atoms with Crippen LogP contribution < -0.4 is 5.32 Å². The molecule has 2 aliphatic rings. The average molecular weight is 430 g/mol. The molecule has 7 nitrogen and oxygen atoms in total. The number of hydrogen-bond donors (Lipinski definition) is 1. The molecule has 2 heterocycles. The third kappa shape index (κ3) is 5.99. The molecule has 1 aromatic carbocycles. The zero-order chi connectivity index (χ0) is 22.6. The Kier molecular flexibility index (Phi) is 7.23. The van der Waals surface area contributed by atoms with E-state index >= 15 is 0 Å². The van der Waals surface area contributed by atoms with Crippen molar-refractivity contribution in [1.82, 2.24) is 15.1 Å². The lowest BCUT2D eigenvalue weighted by Gasteiger charge is -2.40. The largest absolute Gasteiger partial charge is 0.444 e. The summed E-state index contributed by atoms with van der Waals surface area (Å²) >= 11 is 0. The van der Waals surface area contributed by atoms with Gasteiger partial charge in [0.25, 0.3) is 0 Å². The summed E-state index contributed by atoms with van der Waals surface area (Å²) in [6, 6.07) is 7.78. The molecule has 0 aromatic heterocycles. The van der Waals surface area contributed by atoms with Gasteiger partial charge in [-0.15, -0.1) is 0 Å². The van der Waals surface area contributed by atoms with E-state index in [4.69, 9.17) is 4.74 Å². The van der Waals surface area contributed by atoms with Gasteiger partial charge in [-0.1, -0.05) is 24.3 Å². The van der Waals surface area contributed by atoms with Gasteiger partial charge in [0.1, 0.15) is 5.60 Å². The van der Waals surface area contributed by atoms with Crippen molar-refractivity contribution in [1.29, 1.82) is 0 Å². The average Bonchev–Trinajstić information content (AvgIpc) is 2.71. The normalized spacial score (nSPS) is 21.3. The van der Waals surface area contributed by atoms with Gasteiger partial charge in [-0.2, -0.15) is 0 Å². The van der Waals surface area contributed by atoms with Gasteiger partial charge in [0.05, 0.1) is 12.5 Å². The van der Waals surface area contributed by atoms with Crippen LogP contribution in [0, 0.1) is 0 Å². The number of benzene rings is 1. The summed E-state index contributed by atoms with van der Waals surface area (Å²) in [5, 5.41) is 2.82. The van der Waals surface area contributed by atoms with Gasteiger partial charge in [-0.05, 0) is 57.6 Å². The Balaban J connectivity index is 1.69. The first-order chi connectivity index (χ1) is 14.7. The Bertz CT molecular complexity index is 817. The Labute approximate surface area is 185 Å². The Morgan fingerprint density at radius 2 is 1.84 bits per heavy atom. The number of amides is 3. The van der Waals surface area contributed by atoms with Crippen molar-refractivity contribution >= 4 is 17.9 Å². The smallest absolute Gasteiger partial charge is 0.407 e. The van der Waals surface area contributed by atoms with Crippen LogP contribution in [-0.2, 0) is 20.7 Å². The van der Waals surface area contributed by atoms with Crippen LogP contribution >= 0.6 is 0 Å². The summed E-state index contributed by atoms with van der Waals surface area (Å²) in [7, 11) is 0. The molecule has 0 saturated carbocycles. The van der Waals surface area contributed by atoms with E-state index in [1.165, 1.54) is 5.56 Å². The van der Waals surface area contributed by atoms with E-state index in [9.17, 15) is 14.4 Å². The molecule has 2 unspecified atom stereocenters. The maximum absolute atomic E-state index is 13.4. The van der Waals surface area contributed by atoms with Crippen LogP contribution in [0.15, 0.2) is 24.3 Å². The van der Waals surface area contributed by atoms with Gasteiger partial charge in [0.2, 0.25) is 11.8 Å². The number of piperidine rings is 1. The zero-order valence-electron chi connectivity index (χ0n) is 19.1. The number of alkyl carbamates (subject to hydrolysis) is 1. The van der Waals surface area contributed by atoms with Crippen LogP contribution in [0.5, 0.6) is 0 Å². The van der Waals surface area contributed by atoms with Crippen LogP contribution in [0.3, 0.4) is 0 Å². The van der Waals surface area contributed by atoms with Crippen LogP contribution in [0.2, 0.25) is 0 Å². The van der Waals surface area contributed by atoms with Crippen LogP contribution in [0.4, 0.5) is 4.79 Å². The number of ether oxygens (including phenoxy) is 1. The Morgan fingerprint density at radius 1 is 1.10 bits per heavy atom. The first kappa shape index (κ1) is 23.1. The molecule has 0 radical (unpaired) electrons. The summed E-state index contributed by atoms with van der Waals surface area (Å²) < 4.78 is 5.33. The molecule has 0 spiro atoms. The van der Waals surface area contributed by atoms with Crippen molar-refractivity contribution < 1.29 is 19.1 Å². The molecule has 170 valence electrons. The highest BCUT2D eigenvalue weighted by molar-refractivity contribution is 5.80. The zero-order valence-corrected chi connectivity index (χ0v) is 19.1. The van der Waals surface area contributed by atoms with E-state index in [1.807, 2.05) is 48.8 Å². The summed E-state index contributed by atoms with van der Waals surface area (Å²) in [6.07, 6.45) is 3.43. The summed E-state index contributed by atoms with van der Waals surface area (Å²) in [6.45, 7) is 8.73. The monoisotopic (exact) mass is 429 g/mol. The highest BCUT2D eigenvalue weighted by atomic mass is 16.6. The molecule has 1 N–H and O–H groups in total. The second-order valence-corrected chi connectivity index (χ2v) is 9.50. The van der Waals surface area contributed by atoms with Gasteiger partial charge < -0.3 is 19.9 Å². The third-order valence-corrected chi connectivity index (χ3v) is 6.01. The van der Waals surface area contributed by atoms with Crippen LogP contribution in [-0.4, -0.2) is 59.0 Å². The van der Waals surface area contributed by atoms with Crippen molar-refractivity contribution in [2.24, 2.45) is 0 Å². The maximum Gasteiger partial charge on any atom is 0.407 e. The number of carbonyl (C=O) groups is 3. The number of rotatable bonds is 4. The fourth-order valence-corrected chi connectivity index (χ4v) is 4.59. The molecule has 1 fully saturated rings. The highest BCUT2D eigenvalue weighted by Gasteiger charge is 2.34. The second kappa shape index (κ2) is 9.71. The molecule has 2 aliphatic heterocycles. The van der Waals surface area contributed by atoms with Gasteiger partial charge >= 0.3 is 6.09 Å². The van der Waals surface area contributed by atoms with Gasteiger partial charge in [-0.3, -0.25) is 9.59 Å². The fraction of sp³-hybridized carbons (Fsp3) is 0.625. The molecule has 3 amide bonds. The number of hydrogen-bond acceptors (Lipinski definition) is 4. The summed E-state index contributed by atoms with van der Waals surface area (Å²) in [4.78, 5) is 41.4. The van der Waals surface area contributed by atoms with E-state index in [0.717, 1.165) is 31.2 Å². The molecule has 0 bridgehead atoms.